The van der Waals surface area contributed by atoms with Gasteiger partial charge >= 0.3 is 0 Å². The third-order valence-electron chi connectivity index (χ3n) is 2.80. The fourth-order valence-electron chi connectivity index (χ4n) is 1.94. The second-order valence-corrected chi connectivity index (χ2v) is 3.92. The van der Waals surface area contributed by atoms with E-state index in [1.165, 1.54) is 0 Å². The highest BCUT2D eigenvalue weighted by molar-refractivity contribution is 5.74. The van der Waals surface area contributed by atoms with Gasteiger partial charge in [0, 0.05) is 11.6 Å². The van der Waals surface area contributed by atoms with E-state index in [1.54, 1.807) is 14.2 Å². The first-order valence-electron chi connectivity index (χ1n) is 6.16. The van der Waals surface area contributed by atoms with Crippen LogP contribution in [0.5, 0.6) is 17.2 Å². The Balaban J connectivity index is 2.40. The summed E-state index contributed by atoms with van der Waals surface area (Å²) in [6.45, 7) is 2.63. The van der Waals surface area contributed by atoms with Crippen LogP contribution >= 0.6 is 0 Å². The minimum Gasteiger partial charge on any atom is -0.494 e. The number of hydrogen-bond acceptors (Lipinski definition) is 3. The molecule has 99 valence electrons. The molecule has 2 aromatic rings. The zero-order valence-electron chi connectivity index (χ0n) is 11.4. The van der Waals surface area contributed by atoms with Gasteiger partial charge in [-0.1, -0.05) is 12.1 Å². The number of hydrogen-bond donors (Lipinski definition) is 0. The van der Waals surface area contributed by atoms with Gasteiger partial charge in [-0.05, 0) is 36.8 Å². The molecule has 0 bridgehead atoms. The molecule has 3 heteroatoms. The summed E-state index contributed by atoms with van der Waals surface area (Å²) in [6, 6.07) is 14.7. The van der Waals surface area contributed by atoms with Crippen LogP contribution in [0.2, 0.25) is 0 Å². The van der Waals surface area contributed by atoms with Crippen molar-refractivity contribution in [3.05, 3.63) is 42.5 Å². The van der Waals surface area contributed by atoms with Gasteiger partial charge in [-0.2, -0.15) is 0 Å². The lowest BCUT2D eigenvalue weighted by Crippen LogP contribution is -1.94. The molecule has 0 heterocycles. The summed E-state index contributed by atoms with van der Waals surface area (Å²) in [4.78, 5) is 0. The first kappa shape index (κ1) is 13.3. The van der Waals surface area contributed by atoms with Crippen molar-refractivity contribution >= 4 is 0 Å². The van der Waals surface area contributed by atoms with Crippen molar-refractivity contribution in [1.82, 2.24) is 0 Å². The van der Waals surface area contributed by atoms with Crippen LogP contribution in [-0.4, -0.2) is 20.8 Å². The average molecular weight is 257 g/mol. The largest absolute Gasteiger partial charge is 0.494 e. The third-order valence-corrected chi connectivity index (χ3v) is 2.80. The lowest BCUT2D eigenvalue weighted by Gasteiger charge is -2.12. The van der Waals surface area contributed by atoms with Gasteiger partial charge in [-0.3, -0.25) is 0 Å². The maximum absolute atomic E-state index is 5.44. The molecule has 0 aromatic heterocycles. The van der Waals surface area contributed by atoms with Gasteiger partial charge in [-0.15, -0.1) is 0 Å². The molecule has 0 saturated carbocycles. The molecular formula is C16H17O3. The van der Waals surface area contributed by atoms with E-state index < -0.39 is 0 Å². The lowest BCUT2D eigenvalue weighted by molar-refractivity contribution is 0.340. The van der Waals surface area contributed by atoms with Gasteiger partial charge in [0.05, 0.1) is 20.8 Å². The van der Waals surface area contributed by atoms with Crippen LogP contribution in [0.1, 0.15) is 6.92 Å². The Kier molecular flexibility index (Phi) is 4.29. The Morgan fingerprint density at radius 2 is 1.74 bits per heavy atom. The number of methoxy groups -OCH3 is 2. The van der Waals surface area contributed by atoms with E-state index in [2.05, 4.69) is 6.07 Å². The molecule has 0 amide bonds. The Hall–Kier alpha value is -2.16. The number of benzene rings is 2. The van der Waals surface area contributed by atoms with Gasteiger partial charge in [0.15, 0.2) is 11.5 Å². The average Bonchev–Trinajstić information content (AvgIpc) is 2.47. The van der Waals surface area contributed by atoms with Crippen LogP contribution in [0.3, 0.4) is 0 Å². The molecule has 0 unspecified atom stereocenters. The van der Waals surface area contributed by atoms with E-state index in [-0.39, 0.29) is 0 Å². The summed E-state index contributed by atoms with van der Waals surface area (Å²) in [5.41, 5.74) is 2.02. The molecule has 0 aliphatic rings. The lowest BCUT2D eigenvalue weighted by atomic mass is 10.0. The fourth-order valence-corrected chi connectivity index (χ4v) is 1.94. The van der Waals surface area contributed by atoms with Crippen LogP contribution in [0.15, 0.2) is 36.4 Å². The summed E-state index contributed by atoms with van der Waals surface area (Å²) in [7, 11) is 3.24. The van der Waals surface area contributed by atoms with Gasteiger partial charge < -0.3 is 14.2 Å². The Morgan fingerprint density at radius 1 is 1.00 bits per heavy atom. The van der Waals surface area contributed by atoms with Crippen molar-refractivity contribution < 1.29 is 14.2 Å². The Bertz CT molecular complexity index is 532. The molecular weight excluding hydrogens is 240 g/mol. The van der Waals surface area contributed by atoms with Crippen molar-refractivity contribution in [2.45, 2.75) is 6.92 Å². The second kappa shape index (κ2) is 6.14. The summed E-state index contributed by atoms with van der Waals surface area (Å²) >= 11 is 0. The molecule has 0 aliphatic carbocycles. The van der Waals surface area contributed by atoms with Crippen molar-refractivity contribution in [2.75, 3.05) is 20.8 Å². The smallest absolute Gasteiger partial charge is 0.169 e. The maximum atomic E-state index is 5.44. The highest BCUT2D eigenvalue weighted by Gasteiger charge is 2.11. The molecule has 0 N–H and O–H groups in total. The van der Waals surface area contributed by atoms with Gasteiger partial charge in [0.1, 0.15) is 5.75 Å². The topological polar surface area (TPSA) is 27.7 Å². The minimum absolute atomic E-state index is 0.605. The molecule has 0 saturated heterocycles. The molecule has 0 aliphatic heterocycles. The molecule has 1 radical (unpaired) electrons. The Labute approximate surface area is 113 Å². The summed E-state index contributed by atoms with van der Waals surface area (Å²) in [5.74, 6) is 2.16. The van der Waals surface area contributed by atoms with E-state index in [9.17, 15) is 0 Å². The normalized spacial score (nSPS) is 10.1. The molecule has 2 rings (SSSR count). The van der Waals surface area contributed by atoms with Crippen LogP contribution in [0.4, 0.5) is 0 Å². The number of rotatable bonds is 5. The molecule has 19 heavy (non-hydrogen) atoms. The molecule has 3 nitrogen and oxygen atoms in total. The van der Waals surface area contributed by atoms with Crippen molar-refractivity contribution in [3.8, 4) is 28.4 Å². The monoisotopic (exact) mass is 257 g/mol. The minimum atomic E-state index is 0.605. The first-order chi connectivity index (χ1) is 9.30. The van der Waals surface area contributed by atoms with E-state index in [0.717, 1.165) is 16.9 Å². The van der Waals surface area contributed by atoms with Crippen LogP contribution in [0.25, 0.3) is 11.1 Å². The predicted molar refractivity (Wildman–Crippen MR) is 75.0 cm³/mol. The van der Waals surface area contributed by atoms with Crippen LogP contribution in [0, 0.1) is 6.07 Å². The van der Waals surface area contributed by atoms with Crippen molar-refractivity contribution in [1.29, 1.82) is 0 Å². The van der Waals surface area contributed by atoms with Gasteiger partial charge in [0.2, 0.25) is 0 Å². The van der Waals surface area contributed by atoms with Crippen LogP contribution in [-0.2, 0) is 0 Å². The van der Waals surface area contributed by atoms with Crippen LogP contribution < -0.4 is 14.2 Å². The second-order valence-electron chi connectivity index (χ2n) is 3.92. The third kappa shape index (κ3) is 2.81. The molecule has 2 aromatic carbocycles. The van der Waals surface area contributed by atoms with Crippen molar-refractivity contribution in [3.63, 3.8) is 0 Å². The fraction of sp³-hybridized carbons (Fsp3) is 0.250. The Morgan fingerprint density at radius 3 is 2.32 bits per heavy atom. The zero-order chi connectivity index (χ0) is 13.7. The van der Waals surface area contributed by atoms with E-state index in [0.29, 0.717) is 18.1 Å². The molecule has 0 atom stereocenters. The summed E-state index contributed by atoms with van der Waals surface area (Å²) in [5, 5.41) is 0. The number of ether oxygens (including phenoxy) is 3. The first-order valence-corrected chi connectivity index (χ1v) is 6.16. The van der Waals surface area contributed by atoms with E-state index in [1.807, 2.05) is 43.3 Å². The molecule has 0 spiro atoms. The zero-order valence-corrected chi connectivity index (χ0v) is 11.4. The standard InChI is InChI=1S/C16H17O3/c1-4-19-13-10-8-12(9-11-13)14-6-5-7-15(17-2)16(14)18-3/h5-6,8-11H,4H2,1-3H3. The summed E-state index contributed by atoms with van der Waals surface area (Å²) < 4.78 is 16.1. The van der Waals surface area contributed by atoms with Crippen molar-refractivity contribution in [2.24, 2.45) is 0 Å². The van der Waals surface area contributed by atoms with Gasteiger partial charge in [0.25, 0.3) is 0 Å². The quantitative estimate of drug-likeness (QED) is 0.819. The maximum Gasteiger partial charge on any atom is 0.169 e. The summed E-state index contributed by atoms with van der Waals surface area (Å²) in [6.07, 6.45) is 0. The van der Waals surface area contributed by atoms with Gasteiger partial charge in [-0.25, -0.2) is 0 Å². The molecule has 0 fully saturated rings. The van der Waals surface area contributed by atoms with E-state index in [4.69, 9.17) is 14.2 Å². The van der Waals surface area contributed by atoms with E-state index >= 15 is 0 Å². The predicted octanol–water partition coefficient (Wildman–Crippen LogP) is 3.57. The highest BCUT2D eigenvalue weighted by Crippen LogP contribution is 2.37. The highest BCUT2D eigenvalue weighted by atomic mass is 16.5. The SMILES string of the molecule is CCOc1ccc(-c2cc[c]c(OC)c2OC)cc1.